The third kappa shape index (κ3) is 5.81. The highest BCUT2D eigenvalue weighted by Gasteiger charge is 2.25. The maximum Gasteiger partial charge on any atom is 0.274 e. The quantitative estimate of drug-likeness (QED) is 0.445. The number of H-pyrrole nitrogens is 1. The zero-order valence-electron chi connectivity index (χ0n) is 20.4. The summed E-state index contributed by atoms with van der Waals surface area (Å²) in [5.41, 5.74) is 1.55. The Labute approximate surface area is 210 Å². The van der Waals surface area contributed by atoms with Crippen LogP contribution in [0.5, 0.6) is 5.75 Å². The van der Waals surface area contributed by atoms with Crippen LogP contribution in [0.1, 0.15) is 70.3 Å². The van der Waals surface area contributed by atoms with Crippen molar-refractivity contribution in [2.24, 2.45) is 4.99 Å². The summed E-state index contributed by atoms with van der Waals surface area (Å²) in [6, 6.07) is 3.82. The molecule has 0 saturated heterocycles. The van der Waals surface area contributed by atoms with Crippen molar-refractivity contribution in [3.63, 3.8) is 0 Å². The summed E-state index contributed by atoms with van der Waals surface area (Å²) in [6.45, 7) is 7.12. The molecule has 0 bridgehead atoms. The SMILES string of the molecule is C=c1c(=O)[nH]c2n1Cc1c(ccc(OCC(O)CCC(=O)N(CCCC)C3CCCCC3)c1Cl)N=2. The average Bonchev–Trinajstić information content (AvgIpc) is 3.14. The van der Waals surface area contributed by atoms with E-state index in [4.69, 9.17) is 16.3 Å². The molecule has 2 aliphatic rings. The van der Waals surface area contributed by atoms with E-state index in [0.717, 1.165) is 37.8 Å². The summed E-state index contributed by atoms with van der Waals surface area (Å²) in [7, 11) is 0. The molecule has 190 valence electrons. The number of benzene rings is 1. The summed E-state index contributed by atoms with van der Waals surface area (Å²) in [5.74, 6) is 0.559. The number of carbonyl (C=O) groups excluding carboxylic acids is 1. The van der Waals surface area contributed by atoms with E-state index in [9.17, 15) is 14.7 Å². The summed E-state index contributed by atoms with van der Waals surface area (Å²) in [4.78, 5) is 34.0. The second kappa shape index (κ2) is 11.4. The Morgan fingerprint density at radius 2 is 2.14 bits per heavy atom. The fourth-order valence-electron chi connectivity index (χ4n) is 4.91. The van der Waals surface area contributed by atoms with Gasteiger partial charge in [0.2, 0.25) is 11.5 Å². The minimum atomic E-state index is -0.782. The molecule has 35 heavy (non-hydrogen) atoms. The van der Waals surface area contributed by atoms with Crippen LogP contribution in [0, 0.1) is 0 Å². The van der Waals surface area contributed by atoms with E-state index in [2.05, 4.69) is 28.4 Å². The Morgan fingerprint density at radius 3 is 2.89 bits per heavy atom. The fourth-order valence-corrected chi connectivity index (χ4v) is 5.19. The maximum absolute atomic E-state index is 13.0. The van der Waals surface area contributed by atoms with Gasteiger partial charge >= 0.3 is 0 Å². The Kier molecular flexibility index (Phi) is 8.34. The van der Waals surface area contributed by atoms with E-state index < -0.39 is 6.10 Å². The van der Waals surface area contributed by atoms with Crippen molar-refractivity contribution in [2.75, 3.05) is 13.2 Å². The summed E-state index contributed by atoms with van der Waals surface area (Å²) in [6.07, 6.45) is 7.71. The van der Waals surface area contributed by atoms with E-state index >= 15 is 0 Å². The Bertz CT molecular complexity index is 1220. The van der Waals surface area contributed by atoms with Gasteiger partial charge in [-0.2, -0.15) is 0 Å². The number of halogens is 1. The fraction of sp³-hybridized carbons (Fsp3) is 0.577. The first kappa shape index (κ1) is 25.5. The predicted molar refractivity (Wildman–Crippen MR) is 136 cm³/mol. The van der Waals surface area contributed by atoms with Crippen LogP contribution in [-0.2, 0) is 11.3 Å². The van der Waals surface area contributed by atoms with Crippen LogP contribution in [0.2, 0.25) is 5.02 Å². The number of amides is 1. The smallest absolute Gasteiger partial charge is 0.274 e. The van der Waals surface area contributed by atoms with Gasteiger partial charge in [0.1, 0.15) is 17.7 Å². The maximum atomic E-state index is 13.0. The van der Waals surface area contributed by atoms with E-state index in [0.29, 0.717) is 52.9 Å². The average molecular weight is 503 g/mol. The van der Waals surface area contributed by atoms with Crippen LogP contribution >= 0.6 is 11.6 Å². The number of aliphatic hydroxyl groups excluding tert-OH is 1. The Hall–Kier alpha value is -2.58. The van der Waals surface area contributed by atoms with Crippen LogP contribution in [0.3, 0.4) is 0 Å². The Morgan fingerprint density at radius 1 is 1.37 bits per heavy atom. The topological polar surface area (TPSA) is 99.9 Å². The van der Waals surface area contributed by atoms with Crippen LogP contribution in [0.15, 0.2) is 21.9 Å². The number of fused-ring (bicyclic) bond motifs is 2. The number of aliphatic hydroxyl groups is 1. The summed E-state index contributed by atoms with van der Waals surface area (Å²) in [5, 5.41) is 11.2. The number of ether oxygens (including phenoxy) is 1. The van der Waals surface area contributed by atoms with Gasteiger partial charge in [-0.3, -0.25) is 14.6 Å². The minimum Gasteiger partial charge on any atom is -0.489 e. The lowest BCUT2D eigenvalue weighted by molar-refractivity contribution is -0.135. The number of hydrogen-bond donors (Lipinski definition) is 2. The van der Waals surface area contributed by atoms with E-state index in [-0.39, 0.29) is 18.1 Å². The molecule has 1 saturated carbocycles. The second-order valence-corrected chi connectivity index (χ2v) is 9.91. The zero-order valence-corrected chi connectivity index (χ0v) is 21.1. The van der Waals surface area contributed by atoms with E-state index in [1.165, 1.54) is 19.3 Å². The largest absolute Gasteiger partial charge is 0.489 e. The molecule has 2 N–H and O–H groups in total. The molecule has 0 spiro atoms. The number of imidazole rings is 1. The molecule has 1 aromatic carbocycles. The predicted octanol–water partition coefficient (Wildman–Crippen LogP) is 3.03. The van der Waals surface area contributed by atoms with E-state index in [1.807, 2.05) is 0 Å². The van der Waals surface area contributed by atoms with Crippen molar-refractivity contribution in [2.45, 2.75) is 83.4 Å². The molecule has 1 aromatic heterocycles. The van der Waals surface area contributed by atoms with Crippen molar-refractivity contribution in [3.05, 3.63) is 44.0 Å². The summed E-state index contributed by atoms with van der Waals surface area (Å²) < 4.78 is 7.50. The van der Waals surface area contributed by atoms with Crippen LogP contribution < -0.4 is 21.3 Å². The number of unbranched alkanes of at least 4 members (excludes halogenated alkanes) is 1. The van der Waals surface area contributed by atoms with Gasteiger partial charge in [-0.05, 0) is 37.8 Å². The van der Waals surface area contributed by atoms with Gasteiger partial charge in [-0.15, -0.1) is 0 Å². The van der Waals surface area contributed by atoms with Crippen molar-refractivity contribution in [1.29, 1.82) is 0 Å². The molecule has 2 heterocycles. The van der Waals surface area contributed by atoms with Gasteiger partial charge in [0, 0.05) is 24.6 Å². The van der Waals surface area contributed by atoms with E-state index in [1.54, 1.807) is 16.7 Å². The highest BCUT2D eigenvalue weighted by atomic mass is 35.5. The number of nitrogens with zero attached hydrogens (tertiary/aromatic N) is 3. The molecular weight excluding hydrogens is 468 g/mol. The first-order chi connectivity index (χ1) is 16.9. The van der Waals surface area contributed by atoms with Gasteiger partial charge < -0.3 is 19.3 Å². The third-order valence-corrected chi connectivity index (χ3v) is 7.42. The third-order valence-electron chi connectivity index (χ3n) is 7.01. The molecule has 9 heteroatoms. The van der Waals surface area contributed by atoms with Gasteiger partial charge in [-0.1, -0.05) is 50.8 Å². The normalized spacial score (nSPS) is 16.2. The lowest BCUT2D eigenvalue weighted by Crippen LogP contribution is -2.42. The standard InChI is InChI=1S/C26H35ClN4O4/c1-3-4-14-30(18-8-6-5-7-9-18)23(33)13-10-19(32)16-35-22-12-11-21-20(24(22)27)15-31-17(2)25(34)29-26(31)28-21/h11-12,18-19,32H,2-10,13-16H2,1H3,(H,28,29,34). The molecule has 1 amide bonds. The molecule has 0 radical (unpaired) electrons. The Balaban J connectivity index is 1.33. The monoisotopic (exact) mass is 502 g/mol. The van der Waals surface area contributed by atoms with Crippen molar-refractivity contribution in [3.8, 4) is 5.75 Å². The first-order valence-corrected chi connectivity index (χ1v) is 13.0. The van der Waals surface area contributed by atoms with Gasteiger partial charge in [0.25, 0.3) is 5.56 Å². The van der Waals surface area contributed by atoms with Crippen LogP contribution in [-0.4, -0.2) is 50.8 Å². The van der Waals surface area contributed by atoms with Crippen molar-refractivity contribution in [1.82, 2.24) is 14.5 Å². The lowest BCUT2D eigenvalue weighted by Gasteiger charge is -2.34. The van der Waals surface area contributed by atoms with Crippen LogP contribution in [0.4, 0.5) is 5.69 Å². The number of carbonyl (C=O) groups is 1. The molecule has 1 atom stereocenters. The molecule has 2 aromatic rings. The zero-order chi connectivity index (χ0) is 24.9. The molecule has 1 aliphatic heterocycles. The van der Waals surface area contributed by atoms with Crippen LogP contribution in [0.25, 0.3) is 6.58 Å². The second-order valence-electron chi connectivity index (χ2n) is 9.53. The highest BCUT2D eigenvalue weighted by molar-refractivity contribution is 6.33. The van der Waals surface area contributed by atoms with Gasteiger partial charge in [0.05, 0.1) is 23.4 Å². The first-order valence-electron chi connectivity index (χ1n) is 12.7. The molecular formula is C26H35ClN4O4. The molecule has 8 nitrogen and oxygen atoms in total. The number of hydrogen-bond acceptors (Lipinski definition) is 5. The number of rotatable bonds is 10. The summed E-state index contributed by atoms with van der Waals surface area (Å²) >= 11 is 6.59. The van der Waals surface area contributed by atoms with Gasteiger partial charge in [-0.25, -0.2) is 4.99 Å². The molecule has 1 fully saturated rings. The van der Waals surface area contributed by atoms with Crippen molar-refractivity contribution < 1.29 is 14.6 Å². The lowest BCUT2D eigenvalue weighted by atomic mass is 9.93. The number of nitrogens with one attached hydrogen (secondary N) is 1. The number of aromatic amines is 1. The molecule has 1 unspecified atom stereocenters. The molecule has 1 aliphatic carbocycles. The number of aromatic nitrogens is 2. The highest BCUT2D eigenvalue weighted by Crippen LogP contribution is 2.36. The van der Waals surface area contributed by atoms with Crippen molar-refractivity contribution >= 4 is 29.8 Å². The van der Waals surface area contributed by atoms with Gasteiger partial charge in [0.15, 0.2) is 0 Å². The molecule has 4 rings (SSSR count). The minimum absolute atomic E-state index is 0.0369.